The van der Waals surface area contributed by atoms with Gasteiger partial charge in [0.25, 0.3) is 0 Å². The predicted octanol–water partition coefficient (Wildman–Crippen LogP) is 2.91. The van der Waals surface area contributed by atoms with Crippen molar-refractivity contribution in [2.75, 3.05) is 11.5 Å². The molecule has 0 bridgehead atoms. The number of nitrogens with one attached hydrogen (secondary N) is 1. The summed E-state index contributed by atoms with van der Waals surface area (Å²) in [4.78, 5) is 4.31. The van der Waals surface area contributed by atoms with Gasteiger partial charge in [0.15, 0.2) is 0 Å². The van der Waals surface area contributed by atoms with E-state index in [0.29, 0.717) is 0 Å². The fraction of sp³-hybridized carbons (Fsp3) is 0.786. The molecule has 1 N–H and O–H groups in total. The Hall–Kier alpha value is -0.480. The summed E-state index contributed by atoms with van der Waals surface area (Å²) in [5.41, 5.74) is 1.47. The van der Waals surface area contributed by atoms with Crippen LogP contribution in [-0.4, -0.2) is 26.6 Å². The molecule has 1 aromatic heterocycles. The quantitative estimate of drug-likeness (QED) is 0.909. The average molecular weight is 267 g/mol. The molecular weight excluding hydrogens is 242 g/mol. The number of rotatable bonds is 4. The van der Waals surface area contributed by atoms with Crippen molar-refractivity contribution >= 4 is 11.8 Å². The lowest BCUT2D eigenvalue weighted by Gasteiger charge is -2.24. The van der Waals surface area contributed by atoms with Crippen molar-refractivity contribution in [3.63, 3.8) is 0 Å². The molecule has 0 unspecified atom stereocenters. The summed E-state index contributed by atoms with van der Waals surface area (Å²) in [5.74, 6) is 3.50. The van der Waals surface area contributed by atoms with E-state index in [2.05, 4.69) is 47.4 Å². The second-order valence-corrected chi connectivity index (χ2v) is 7.42. The fourth-order valence-corrected chi connectivity index (χ4v) is 3.43. The van der Waals surface area contributed by atoms with Gasteiger partial charge in [-0.25, -0.2) is 4.98 Å². The zero-order valence-electron chi connectivity index (χ0n) is 11.8. The molecule has 0 amide bonds. The second kappa shape index (κ2) is 6.11. The smallest absolute Gasteiger partial charge is 0.0948 e. The standard InChI is InChI=1S/C14H25N3S/c1-14(2,3)16-9-13-8-15-11-17(13)10-12-4-6-18-7-5-12/h8,11-12,16H,4-7,9-10H2,1-3H3. The van der Waals surface area contributed by atoms with Gasteiger partial charge in [-0.15, -0.1) is 0 Å². The first-order valence-corrected chi connectivity index (χ1v) is 8.02. The summed E-state index contributed by atoms with van der Waals surface area (Å²) in [6, 6.07) is 0. The Labute approximate surface area is 115 Å². The molecule has 1 fully saturated rings. The number of aromatic nitrogens is 2. The summed E-state index contributed by atoms with van der Waals surface area (Å²) in [5, 5.41) is 3.54. The fourth-order valence-electron chi connectivity index (χ4n) is 2.22. The van der Waals surface area contributed by atoms with Crippen LogP contribution in [0.15, 0.2) is 12.5 Å². The van der Waals surface area contributed by atoms with E-state index >= 15 is 0 Å². The Kier molecular flexibility index (Phi) is 4.73. The van der Waals surface area contributed by atoms with E-state index in [4.69, 9.17) is 0 Å². The first-order chi connectivity index (χ1) is 8.54. The highest BCUT2D eigenvalue weighted by Gasteiger charge is 2.16. The van der Waals surface area contributed by atoms with E-state index in [1.807, 2.05) is 12.5 Å². The monoisotopic (exact) mass is 267 g/mol. The van der Waals surface area contributed by atoms with Crippen molar-refractivity contribution in [3.05, 3.63) is 18.2 Å². The van der Waals surface area contributed by atoms with Crippen LogP contribution in [0.4, 0.5) is 0 Å². The maximum Gasteiger partial charge on any atom is 0.0948 e. The van der Waals surface area contributed by atoms with Gasteiger partial charge in [-0.05, 0) is 51.0 Å². The maximum absolute atomic E-state index is 4.31. The molecule has 0 spiro atoms. The van der Waals surface area contributed by atoms with E-state index in [1.165, 1.54) is 30.0 Å². The van der Waals surface area contributed by atoms with E-state index in [9.17, 15) is 0 Å². The minimum absolute atomic E-state index is 0.163. The van der Waals surface area contributed by atoms with Crippen LogP contribution in [0.3, 0.4) is 0 Å². The van der Waals surface area contributed by atoms with Gasteiger partial charge >= 0.3 is 0 Å². The molecule has 0 aliphatic carbocycles. The van der Waals surface area contributed by atoms with Crippen molar-refractivity contribution in [1.29, 1.82) is 0 Å². The molecule has 2 heterocycles. The number of imidazole rings is 1. The van der Waals surface area contributed by atoms with Crippen molar-refractivity contribution in [3.8, 4) is 0 Å². The summed E-state index contributed by atoms with van der Waals surface area (Å²) < 4.78 is 2.33. The lowest BCUT2D eigenvalue weighted by Crippen LogP contribution is -2.35. The highest BCUT2D eigenvalue weighted by atomic mass is 32.2. The molecule has 18 heavy (non-hydrogen) atoms. The van der Waals surface area contributed by atoms with E-state index < -0.39 is 0 Å². The molecule has 0 radical (unpaired) electrons. The van der Waals surface area contributed by atoms with Gasteiger partial charge in [0.2, 0.25) is 0 Å². The van der Waals surface area contributed by atoms with Gasteiger partial charge in [0.1, 0.15) is 0 Å². The third kappa shape index (κ3) is 4.32. The van der Waals surface area contributed by atoms with Crippen molar-refractivity contribution in [2.24, 2.45) is 5.92 Å². The van der Waals surface area contributed by atoms with E-state index in [-0.39, 0.29) is 5.54 Å². The Morgan fingerprint density at radius 3 is 2.78 bits per heavy atom. The van der Waals surface area contributed by atoms with Gasteiger partial charge in [-0.1, -0.05) is 0 Å². The molecule has 2 rings (SSSR count). The molecule has 1 aliphatic rings. The molecule has 102 valence electrons. The Balaban J connectivity index is 1.90. The van der Waals surface area contributed by atoms with Gasteiger partial charge in [0, 0.05) is 24.8 Å². The lowest BCUT2D eigenvalue weighted by molar-refractivity contribution is 0.388. The molecule has 4 heteroatoms. The van der Waals surface area contributed by atoms with Crippen LogP contribution in [0.5, 0.6) is 0 Å². The molecule has 3 nitrogen and oxygen atoms in total. The zero-order valence-corrected chi connectivity index (χ0v) is 12.6. The van der Waals surface area contributed by atoms with Crippen LogP contribution in [-0.2, 0) is 13.1 Å². The highest BCUT2D eigenvalue weighted by molar-refractivity contribution is 7.99. The van der Waals surface area contributed by atoms with Gasteiger partial charge in [-0.2, -0.15) is 11.8 Å². The molecule has 1 saturated heterocycles. The summed E-state index contributed by atoms with van der Waals surface area (Å²) in [6.07, 6.45) is 6.70. The number of hydrogen-bond donors (Lipinski definition) is 1. The highest BCUT2D eigenvalue weighted by Crippen LogP contribution is 2.24. The SMILES string of the molecule is CC(C)(C)NCc1cncn1CC1CCSCC1. The van der Waals surface area contributed by atoms with Crippen LogP contribution < -0.4 is 5.32 Å². The first kappa shape index (κ1) is 13.9. The van der Waals surface area contributed by atoms with Crippen molar-refractivity contribution < 1.29 is 0 Å². The molecule has 0 aromatic carbocycles. The third-order valence-corrected chi connectivity index (χ3v) is 4.44. The van der Waals surface area contributed by atoms with Crippen LogP contribution in [0.25, 0.3) is 0 Å². The summed E-state index contributed by atoms with van der Waals surface area (Å²) in [6.45, 7) is 8.65. The first-order valence-electron chi connectivity index (χ1n) is 6.86. The Morgan fingerprint density at radius 1 is 1.39 bits per heavy atom. The van der Waals surface area contributed by atoms with Gasteiger partial charge in [0.05, 0.1) is 12.0 Å². The van der Waals surface area contributed by atoms with Crippen LogP contribution in [0.1, 0.15) is 39.3 Å². The van der Waals surface area contributed by atoms with Crippen LogP contribution in [0, 0.1) is 5.92 Å². The van der Waals surface area contributed by atoms with Crippen molar-refractivity contribution in [1.82, 2.24) is 14.9 Å². The molecule has 1 aliphatic heterocycles. The maximum atomic E-state index is 4.31. The van der Waals surface area contributed by atoms with Crippen LogP contribution in [0.2, 0.25) is 0 Å². The van der Waals surface area contributed by atoms with E-state index in [1.54, 1.807) is 0 Å². The summed E-state index contributed by atoms with van der Waals surface area (Å²) in [7, 11) is 0. The molecule has 0 saturated carbocycles. The van der Waals surface area contributed by atoms with E-state index in [0.717, 1.165) is 19.0 Å². The second-order valence-electron chi connectivity index (χ2n) is 6.20. The van der Waals surface area contributed by atoms with Crippen molar-refractivity contribution in [2.45, 2.75) is 52.2 Å². The Morgan fingerprint density at radius 2 is 2.11 bits per heavy atom. The predicted molar refractivity (Wildman–Crippen MR) is 78.9 cm³/mol. The molecule has 0 atom stereocenters. The normalized spacial score (nSPS) is 18.2. The largest absolute Gasteiger partial charge is 0.333 e. The third-order valence-electron chi connectivity index (χ3n) is 3.39. The number of hydrogen-bond acceptors (Lipinski definition) is 3. The topological polar surface area (TPSA) is 29.9 Å². The van der Waals surface area contributed by atoms with Gasteiger partial charge in [-0.3, -0.25) is 0 Å². The Bertz CT molecular complexity index is 361. The van der Waals surface area contributed by atoms with Gasteiger partial charge < -0.3 is 9.88 Å². The molecule has 1 aromatic rings. The average Bonchev–Trinajstić information content (AvgIpc) is 2.74. The van der Waals surface area contributed by atoms with Crippen LogP contribution >= 0.6 is 11.8 Å². The number of nitrogens with zero attached hydrogens (tertiary/aromatic N) is 2. The lowest BCUT2D eigenvalue weighted by atomic mass is 10.0. The molecular formula is C14H25N3S. The minimum atomic E-state index is 0.163. The number of thioether (sulfide) groups is 1. The summed E-state index contributed by atoms with van der Waals surface area (Å²) >= 11 is 2.09. The zero-order chi connectivity index (χ0) is 13.0. The minimum Gasteiger partial charge on any atom is -0.333 e.